The molecule has 0 spiro atoms. The van der Waals surface area contributed by atoms with Crippen molar-refractivity contribution in [2.24, 2.45) is 0 Å². The summed E-state index contributed by atoms with van der Waals surface area (Å²) in [6.45, 7) is 0. The van der Waals surface area contributed by atoms with E-state index in [2.05, 4.69) is 124 Å². The van der Waals surface area contributed by atoms with Crippen LogP contribution in [-0.4, -0.2) is 9.13 Å². The van der Waals surface area contributed by atoms with Crippen LogP contribution >= 0.6 is 0 Å². The summed E-state index contributed by atoms with van der Waals surface area (Å²) in [5, 5.41) is 24.6. The molecule has 0 aliphatic carbocycles. The predicted octanol–water partition coefficient (Wildman–Crippen LogP) is 9.29. The normalized spacial score (nSPS) is 11.3. The number of benzene rings is 6. The average Bonchev–Trinajstić information content (AvgIpc) is 3.57. The second-order valence-electron chi connectivity index (χ2n) is 10.4. The molecule has 2 heterocycles. The topological polar surface area (TPSA) is 57.4 Å². The van der Waals surface area contributed by atoms with Crippen molar-refractivity contribution in [3.63, 3.8) is 0 Å². The lowest BCUT2D eigenvalue weighted by atomic mass is 10.0. The van der Waals surface area contributed by atoms with E-state index < -0.39 is 0 Å². The minimum absolute atomic E-state index is 0.469. The summed E-state index contributed by atoms with van der Waals surface area (Å²) in [5.74, 6) is 0. The number of hydrogen-bond acceptors (Lipinski definition) is 2. The van der Waals surface area contributed by atoms with Crippen LogP contribution in [0.2, 0.25) is 0 Å². The van der Waals surface area contributed by atoms with Crippen LogP contribution < -0.4 is 0 Å². The van der Waals surface area contributed by atoms with Crippen molar-refractivity contribution in [2.45, 2.75) is 0 Å². The number of nitriles is 2. The molecule has 42 heavy (non-hydrogen) atoms. The Morgan fingerprint density at radius 3 is 1.60 bits per heavy atom. The maximum Gasteiger partial charge on any atom is 0.101 e. The molecule has 194 valence electrons. The van der Waals surface area contributed by atoms with Gasteiger partial charge in [-0.15, -0.1) is 0 Å². The molecule has 0 saturated heterocycles. The maximum atomic E-state index is 10.1. The van der Waals surface area contributed by atoms with Crippen LogP contribution in [0.15, 0.2) is 133 Å². The van der Waals surface area contributed by atoms with E-state index >= 15 is 0 Å². The van der Waals surface area contributed by atoms with Crippen LogP contribution in [0.5, 0.6) is 0 Å². The highest BCUT2D eigenvalue weighted by atomic mass is 15.0. The molecule has 0 unspecified atom stereocenters. The van der Waals surface area contributed by atoms with Crippen molar-refractivity contribution in [1.29, 1.82) is 10.5 Å². The molecular weight excluding hydrogens is 512 g/mol. The molecular formula is C38H22N4. The van der Waals surface area contributed by atoms with Crippen molar-refractivity contribution in [2.75, 3.05) is 0 Å². The third kappa shape index (κ3) is 3.33. The smallest absolute Gasteiger partial charge is 0.101 e. The van der Waals surface area contributed by atoms with Gasteiger partial charge in [-0.2, -0.15) is 10.5 Å². The second-order valence-corrected chi connectivity index (χ2v) is 10.4. The lowest BCUT2D eigenvalue weighted by Gasteiger charge is -2.12. The van der Waals surface area contributed by atoms with Gasteiger partial charge in [-0.1, -0.05) is 84.9 Å². The van der Waals surface area contributed by atoms with Gasteiger partial charge in [-0.05, 0) is 59.7 Å². The van der Waals surface area contributed by atoms with Crippen LogP contribution in [0.25, 0.3) is 66.1 Å². The first-order valence-corrected chi connectivity index (χ1v) is 13.8. The van der Waals surface area contributed by atoms with Crippen LogP contribution in [-0.2, 0) is 0 Å². The zero-order valence-electron chi connectivity index (χ0n) is 22.5. The fourth-order valence-corrected chi connectivity index (χ4v) is 6.46. The molecule has 0 N–H and O–H groups in total. The van der Waals surface area contributed by atoms with Crippen LogP contribution in [0.1, 0.15) is 11.1 Å². The summed E-state index contributed by atoms with van der Waals surface area (Å²) < 4.78 is 4.43. The molecule has 8 rings (SSSR count). The summed E-state index contributed by atoms with van der Waals surface area (Å²) in [5.41, 5.74) is 9.13. The summed E-state index contributed by atoms with van der Waals surface area (Å²) in [4.78, 5) is 0. The van der Waals surface area contributed by atoms with Crippen molar-refractivity contribution in [1.82, 2.24) is 9.13 Å². The van der Waals surface area contributed by atoms with Gasteiger partial charge in [0.2, 0.25) is 0 Å². The number of fused-ring (bicyclic) bond motifs is 7. The van der Waals surface area contributed by atoms with Crippen molar-refractivity contribution < 1.29 is 0 Å². The zero-order chi connectivity index (χ0) is 28.2. The van der Waals surface area contributed by atoms with Gasteiger partial charge in [0.25, 0.3) is 0 Å². The van der Waals surface area contributed by atoms with Gasteiger partial charge in [0.05, 0.1) is 38.9 Å². The van der Waals surface area contributed by atoms with Crippen molar-refractivity contribution >= 4 is 43.6 Å². The molecule has 0 aliphatic heterocycles. The van der Waals surface area contributed by atoms with E-state index in [1.165, 1.54) is 5.56 Å². The van der Waals surface area contributed by atoms with Gasteiger partial charge in [0.15, 0.2) is 0 Å². The van der Waals surface area contributed by atoms with Gasteiger partial charge < -0.3 is 9.13 Å². The van der Waals surface area contributed by atoms with E-state index in [9.17, 15) is 10.5 Å². The Morgan fingerprint density at radius 2 is 0.952 bits per heavy atom. The van der Waals surface area contributed by atoms with Crippen LogP contribution in [0, 0.1) is 22.7 Å². The lowest BCUT2D eigenvalue weighted by molar-refractivity contribution is 1.15. The molecule has 0 atom stereocenters. The highest BCUT2D eigenvalue weighted by Gasteiger charge is 2.22. The van der Waals surface area contributed by atoms with E-state index in [0.717, 1.165) is 54.9 Å². The molecule has 0 bridgehead atoms. The summed E-state index contributed by atoms with van der Waals surface area (Å²) in [6, 6.07) is 50.2. The molecule has 0 amide bonds. The lowest BCUT2D eigenvalue weighted by Crippen LogP contribution is -2.01. The molecule has 2 aromatic heterocycles. The average molecular weight is 535 g/mol. The van der Waals surface area contributed by atoms with Crippen LogP contribution in [0.4, 0.5) is 0 Å². The minimum Gasteiger partial charge on any atom is -0.309 e. The quantitative estimate of drug-likeness (QED) is 0.227. The largest absolute Gasteiger partial charge is 0.309 e. The van der Waals surface area contributed by atoms with E-state index in [-0.39, 0.29) is 0 Å². The molecule has 6 aromatic carbocycles. The molecule has 0 fully saturated rings. The second kappa shape index (κ2) is 9.24. The fraction of sp³-hybridized carbons (Fsp3) is 0. The SMILES string of the molecule is N#Cc1cccc(C#N)c1-n1c2ccccc2c2c3c4ccccc4n(-c4cccc(-c5ccccc5)c4)c3ccc21. The first-order valence-electron chi connectivity index (χ1n) is 13.8. The van der Waals surface area contributed by atoms with E-state index in [4.69, 9.17) is 0 Å². The Labute approximate surface area is 242 Å². The van der Waals surface area contributed by atoms with E-state index in [1.54, 1.807) is 18.2 Å². The van der Waals surface area contributed by atoms with Gasteiger partial charge in [-0.25, -0.2) is 0 Å². The third-order valence-electron chi connectivity index (χ3n) is 8.18. The number of hydrogen-bond donors (Lipinski definition) is 0. The van der Waals surface area contributed by atoms with E-state index in [1.807, 2.05) is 12.1 Å². The Bertz CT molecular complexity index is 2400. The maximum absolute atomic E-state index is 10.1. The summed E-state index contributed by atoms with van der Waals surface area (Å²) in [7, 11) is 0. The molecule has 0 radical (unpaired) electrons. The fourth-order valence-electron chi connectivity index (χ4n) is 6.46. The Kier molecular flexibility index (Phi) is 5.22. The highest BCUT2D eigenvalue weighted by Crippen LogP contribution is 2.43. The summed E-state index contributed by atoms with van der Waals surface area (Å²) in [6.07, 6.45) is 0. The number of nitrogens with zero attached hydrogens (tertiary/aromatic N) is 4. The highest BCUT2D eigenvalue weighted by molar-refractivity contribution is 6.29. The van der Waals surface area contributed by atoms with Crippen molar-refractivity contribution in [3.8, 4) is 34.6 Å². The molecule has 0 aliphatic rings. The van der Waals surface area contributed by atoms with Gasteiger partial charge >= 0.3 is 0 Å². The molecule has 8 aromatic rings. The van der Waals surface area contributed by atoms with Gasteiger partial charge in [0, 0.05) is 27.2 Å². The Balaban J connectivity index is 1.52. The number of para-hydroxylation sites is 3. The first-order chi connectivity index (χ1) is 20.8. The number of aromatic nitrogens is 2. The third-order valence-corrected chi connectivity index (χ3v) is 8.18. The van der Waals surface area contributed by atoms with Gasteiger partial charge in [0.1, 0.15) is 12.1 Å². The van der Waals surface area contributed by atoms with Crippen LogP contribution in [0.3, 0.4) is 0 Å². The Hall–Kier alpha value is -6.10. The first kappa shape index (κ1) is 23.8. The molecule has 4 heteroatoms. The van der Waals surface area contributed by atoms with Gasteiger partial charge in [-0.3, -0.25) is 0 Å². The monoisotopic (exact) mass is 534 g/mol. The standard InChI is InChI=1S/C38H22N4/c39-23-27-13-8-14-28(24-40)38(27)42-33-19-7-5-17-31(33)37-35(42)21-20-34-36(37)30-16-4-6-18-32(30)41(34)29-15-9-12-26(22-29)25-10-2-1-3-11-25/h1-22H. The summed E-state index contributed by atoms with van der Waals surface area (Å²) >= 11 is 0. The Morgan fingerprint density at radius 1 is 0.429 bits per heavy atom. The number of rotatable bonds is 3. The minimum atomic E-state index is 0.469. The zero-order valence-corrected chi connectivity index (χ0v) is 22.5. The molecule has 4 nitrogen and oxygen atoms in total. The predicted molar refractivity (Wildman–Crippen MR) is 170 cm³/mol. The van der Waals surface area contributed by atoms with Crippen molar-refractivity contribution in [3.05, 3.63) is 145 Å². The van der Waals surface area contributed by atoms with E-state index in [0.29, 0.717) is 16.8 Å². The molecule has 0 saturated carbocycles.